The van der Waals surface area contributed by atoms with Crippen LogP contribution in [-0.2, 0) is 38.1 Å². The number of hydrogen-bond acceptors (Lipinski definition) is 9. The highest BCUT2D eigenvalue weighted by atomic mass is 16.6. The first-order valence-corrected chi connectivity index (χ1v) is 11.2. The van der Waals surface area contributed by atoms with Crippen LogP contribution in [0.4, 0.5) is 0 Å². The Labute approximate surface area is 193 Å². The molecule has 2 saturated heterocycles. The third-order valence-electron chi connectivity index (χ3n) is 6.37. The standard InChI is InChI=1S/C24H32O9/c1-7-8-15(25)31-19-17-13(5)23(28)30-14(17)10-12(4)18-20(33-18)21(27)24(6,29)22(19)32-16(26)9-11(2)3/h7-8,11-12,14,17-20,22,29H,5,9-10H2,1-4,6H3/b8-7+/t12-,14-,17+,18+,19+,20+,22-,24-/m1/s1. The quantitative estimate of drug-likeness (QED) is 0.279. The van der Waals surface area contributed by atoms with Crippen molar-refractivity contribution in [2.45, 2.75) is 83.6 Å². The molecule has 9 heteroatoms. The lowest BCUT2D eigenvalue weighted by Crippen LogP contribution is -2.60. The van der Waals surface area contributed by atoms with Gasteiger partial charge < -0.3 is 24.1 Å². The van der Waals surface area contributed by atoms with Crippen LogP contribution in [0.1, 0.15) is 47.5 Å². The summed E-state index contributed by atoms with van der Waals surface area (Å²) in [4.78, 5) is 50.8. The van der Waals surface area contributed by atoms with E-state index in [1.807, 2.05) is 20.8 Å². The number of ether oxygens (including phenoxy) is 4. The van der Waals surface area contributed by atoms with Crippen LogP contribution in [-0.4, -0.2) is 64.9 Å². The number of hydrogen-bond donors (Lipinski definition) is 1. The molecule has 8 atom stereocenters. The fourth-order valence-electron chi connectivity index (χ4n) is 4.61. The van der Waals surface area contributed by atoms with Crippen LogP contribution in [0.5, 0.6) is 0 Å². The Morgan fingerprint density at radius 2 is 1.97 bits per heavy atom. The lowest BCUT2D eigenvalue weighted by Gasteiger charge is -2.39. The van der Waals surface area contributed by atoms with Crippen LogP contribution in [0, 0.1) is 17.8 Å². The molecule has 3 aliphatic rings. The van der Waals surface area contributed by atoms with Crippen LogP contribution in [0.15, 0.2) is 24.3 Å². The maximum absolute atomic E-state index is 13.2. The summed E-state index contributed by atoms with van der Waals surface area (Å²) in [6.45, 7) is 12.1. The number of Topliss-reactive ketones (excluding diaryl/α,β-unsaturated/α-hetero) is 1. The van der Waals surface area contributed by atoms with Gasteiger partial charge in [-0.2, -0.15) is 0 Å². The van der Waals surface area contributed by atoms with Gasteiger partial charge in [0, 0.05) is 18.1 Å². The van der Waals surface area contributed by atoms with Crippen molar-refractivity contribution in [1.82, 2.24) is 0 Å². The molecule has 0 bridgehead atoms. The molecule has 2 aliphatic heterocycles. The molecule has 0 radical (unpaired) electrons. The fourth-order valence-corrected chi connectivity index (χ4v) is 4.61. The van der Waals surface area contributed by atoms with Crippen molar-refractivity contribution in [3.05, 3.63) is 24.3 Å². The molecule has 1 aliphatic carbocycles. The van der Waals surface area contributed by atoms with Gasteiger partial charge in [-0.25, -0.2) is 9.59 Å². The summed E-state index contributed by atoms with van der Waals surface area (Å²) in [6, 6.07) is 0. The monoisotopic (exact) mass is 464 g/mol. The van der Waals surface area contributed by atoms with E-state index in [2.05, 4.69) is 6.58 Å². The number of carbonyl (C=O) groups is 4. The number of esters is 3. The average molecular weight is 465 g/mol. The van der Waals surface area contributed by atoms with Crippen LogP contribution in [0.2, 0.25) is 0 Å². The van der Waals surface area contributed by atoms with Crippen LogP contribution in [0.25, 0.3) is 0 Å². The van der Waals surface area contributed by atoms with Crippen molar-refractivity contribution in [1.29, 1.82) is 0 Å². The first kappa shape index (κ1) is 25.1. The highest BCUT2D eigenvalue weighted by Crippen LogP contribution is 2.45. The number of fused-ring (bicyclic) bond motifs is 2. The molecule has 9 nitrogen and oxygen atoms in total. The SMILES string of the molecule is C=C1C(=O)O[C@@H]2C[C@@H](C)[C@@H]3O[C@@H]3C(=O)[C@@](C)(O)[C@H](OC(=O)CC(C)C)[C@@H](OC(=O)/C=C/C)[C@@H]12. The zero-order valence-corrected chi connectivity index (χ0v) is 19.6. The molecule has 3 rings (SSSR count). The lowest BCUT2D eigenvalue weighted by atomic mass is 9.75. The van der Waals surface area contributed by atoms with Crippen molar-refractivity contribution in [3.8, 4) is 0 Å². The van der Waals surface area contributed by atoms with Gasteiger partial charge in [0.05, 0.1) is 12.0 Å². The number of ketones is 1. The van der Waals surface area contributed by atoms with Gasteiger partial charge >= 0.3 is 17.9 Å². The molecule has 0 aromatic carbocycles. The number of carbonyl (C=O) groups excluding carboxylic acids is 4. The van der Waals surface area contributed by atoms with Gasteiger partial charge in [-0.1, -0.05) is 33.4 Å². The number of aliphatic hydroxyl groups is 1. The summed E-state index contributed by atoms with van der Waals surface area (Å²) in [5.74, 6) is -3.99. The molecule has 1 N–H and O–H groups in total. The minimum Gasteiger partial charge on any atom is -0.458 e. The Morgan fingerprint density at radius 3 is 2.58 bits per heavy atom. The second-order valence-electron chi connectivity index (χ2n) is 9.65. The third kappa shape index (κ3) is 5.04. The van der Waals surface area contributed by atoms with Gasteiger partial charge in [0.2, 0.25) is 0 Å². The van der Waals surface area contributed by atoms with Gasteiger partial charge in [0.25, 0.3) is 0 Å². The van der Waals surface area contributed by atoms with E-state index in [0.29, 0.717) is 6.42 Å². The van der Waals surface area contributed by atoms with E-state index in [1.54, 1.807) is 6.92 Å². The summed E-state index contributed by atoms with van der Waals surface area (Å²) >= 11 is 0. The van der Waals surface area contributed by atoms with Crippen LogP contribution >= 0.6 is 0 Å². The Morgan fingerprint density at radius 1 is 1.30 bits per heavy atom. The normalized spacial score (nSPS) is 38.5. The maximum Gasteiger partial charge on any atom is 0.334 e. The fraction of sp³-hybridized carbons (Fsp3) is 0.667. The number of allylic oxidation sites excluding steroid dienone is 1. The Bertz CT molecular complexity index is 871. The van der Waals surface area contributed by atoms with Crippen molar-refractivity contribution in [2.24, 2.45) is 17.8 Å². The molecule has 182 valence electrons. The van der Waals surface area contributed by atoms with E-state index >= 15 is 0 Å². The second kappa shape index (κ2) is 9.38. The number of rotatable bonds is 5. The van der Waals surface area contributed by atoms with Crippen LogP contribution < -0.4 is 0 Å². The minimum absolute atomic E-state index is 0.0142. The van der Waals surface area contributed by atoms with E-state index in [4.69, 9.17) is 18.9 Å². The Balaban J connectivity index is 2.11. The highest BCUT2D eigenvalue weighted by molar-refractivity contribution is 5.95. The molecule has 0 amide bonds. The summed E-state index contributed by atoms with van der Waals surface area (Å²) in [7, 11) is 0. The minimum atomic E-state index is -2.26. The predicted octanol–water partition coefficient (Wildman–Crippen LogP) is 1.66. The molecular weight excluding hydrogens is 432 g/mol. The van der Waals surface area contributed by atoms with E-state index in [-0.39, 0.29) is 23.8 Å². The predicted molar refractivity (Wildman–Crippen MR) is 115 cm³/mol. The largest absolute Gasteiger partial charge is 0.458 e. The van der Waals surface area contributed by atoms with Gasteiger partial charge in [0.1, 0.15) is 12.2 Å². The first-order chi connectivity index (χ1) is 15.4. The Kier molecular flexibility index (Phi) is 7.14. The molecule has 1 saturated carbocycles. The molecule has 33 heavy (non-hydrogen) atoms. The average Bonchev–Trinajstić information content (AvgIpc) is 3.45. The smallest absolute Gasteiger partial charge is 0.334 e. The van der Waals surface area contributed by atoms with Gasteiger partial charge in [-0.15, -0.1) is 0 Å². The lowest BCUT2D eigenvalue weighted by molar-refractivity contribution is -0.198. The van der Waals surface area contributed by atoms with Gasteiger partial charge in [0.15, 0.2) is 23.6 Å². The molecule has 0 aromatic rings. The number of epoxide rings is 1. The molecule has 0 spiro atoms. The summed E-state index contributed by atoms with van der Waals surface area (Å²) in [5.41, 5.74) is -2.24. The summed E-state index contributed by atoms with van der Waals surface area (Å²) in [6.07, 6.45) is -2.19. The molecule has 0 aromatic heterocycles. The van der Waals surface area contributed by atoms with Gasteiger partial charge in [-0.3, -0.25) is 9.59 Å². The zero-order chi connectivity index (χ0) is 24.7. The third-order valence-corrected chi connectivity index (χ3v) is 6.37. The van der Waals surface area contributed by atoms with Crippen molar-refractivity contribution in [2.75, 3.05) is 0 Å². The van der Waals surface area contributed by atoms with E-state index in [1.165, 1.54) is 13.0 Å². The zero-order valence-electron chi connectivity index (χ0n) is 19.6. The molecule has 0 unspecified atom stereocenters. The summed E-state index contributed by atoms with van der Waals surface area (Å²) < 4.78 is 22.3. The molecular formula is C24H32O9. The first-order valence-electron chi connectivity index (χ1n) is 11.2. The maximum atomic E-state index is 13.2. The van der Waals surface area contributed by atoms with Gasteiger partial charge in [-0.05, 0) is 32.1 Å². The van der Waals surface area contributed by atoms with Crippen molar-refractivity contribution < 1.29 is 43.2 Å². The highest BCUT2D eigenvalue weighted by Gasteiger charge is 2.63. The topological polar surface area (TPSA) is 129 Å². The summed E-state index contributed by atoms with van der Waals surface area (Å²) in [5, 5.41) is 11.4. The van der Waals surface area contributed by atoms with E-state index in [9.17, 15) is 24.3 Å². The van der Waals surface area contributed by atoms with Crippen molar-refractivity contribution >= 4 is 23.7 Å². The van der Waals surface area contributed by atoms with E-state index < -0.39 is 65.7 Å². The van der Waals surface area contributed by atoms with Crippen LogP contribution in [0.3, 0.4) is 0 Å². The second-order valence-corrected chi connectivity index (χ2v) is 9.65. The Hall–Kier alpha value is -2.52. The van der Waals surface area contributed by atoms with E-state index in [0.717, 1.165) is 6.08 Å². The molecule has 2 heterocycles. The van der Waals surface area contributed by atoms with Crippen molar-refractivity contribution in [3.63, 3.8) is 0 Å². The molecule has 3 fully saturated rings.